The largest absolute Gasteiger partial charge is 0.0835 e. The van der Waals surface area contributed by atoms with Crippen LogP contribution < -0.4 is 10.4 Å². The van der Waals surface area contributed by atoms with Gasteiger partial charge in [-0.2, -0.15) is 0 Å². The highest BCUT2D eigenvalue weighted by atomic mass is 14.8. The summed E-state index contributed by atoms with van der Waals surface area (Å²) in [7, 11) is 0. The number of unbranched alkanes of at least 4 members (excludes halogenated alkanes) is 9. The number of hydrogen-bond acceptors (Lipinski definition) is 0. The molecular weight excluding hydrogens is 745 g/mol. The second kappa shape index (κ2) is 10.2. The molecule has 2 spiro atoms. The van der Waals surface area contributed by atoms with Crippen LogP contribution in [0.1, 0.15) is 136 Å². The van der Waals surface area contributed by atoms with Gasteiger partial charge in [-0.3, -0.25) is 0 Å². The second-order valence-electron chi connectivity index (χ2n) is 22.7. The van der Waals surface area contributed by atoms with Crippen molar-refractivity contribution < 1.29 is 0 Å². The smallest absolute Gasteiger partial charge is 0.0430 e. The molecular formula is C62H52. The van der Waals surface area contributed by atoms with Crippen LogP contribution in [-0.2, 0) is 11.8 Å². The minimum Gasteiger partial charge on any atom is -0.0835 e. The number of hydrogen-bond donors (Lipinski definition) is 0. The van der Waals surface area contributed by atoms with Gasteiger partial charge >= 0.3 is 0 Å². The molecule has 18 rings (SSSR count). The highest BCUT2D eigenvalue weighted by Gasteiger charge is 2.76. The number of rotatable bonds is 12. The number of fused-ring (bicyclic) bond motifs is 3. The van der Waals surface area contributed by atoms with Crippen molar-refractivity contribution in [3.63, 3.8) is 0 Å². The van der Waals surface area contributed by atoms with Crippen LogP contribution in [0.3, 0.4) is 0 Å². The van der Waals surface area contributed by atoms with Gasteiger partial charge in [0.2, 0.25) is 0 Å². The van der Waals surface area contributed by atoms with Crippen molar-refractivity contribution in [1.29, 1.82) is 0 Å². The third-order valence-corrected chi connectivity index (χ3v) is 20.8. The summed E-state index contributed by atoms with van der Waals surface area (Å²) in [4.78, 5) is 0. The molecule has 0 aromatic heterocycles. The molecule has 10 unspecified atom stereocenters. The number of aryl methyl sites for hydroxylation is 1. The first-order valence-corrected chi connectivity index (χ1v) is 25.4. The monoisotopic (exact) mass is 796 g/mol. The van der Waals surface area contributed by atoms with Crippen LogP contribution in [0.4, 0.5) is 0 Å². The average Bonchev–Trinajstić information content (AvgIpc) is 4.14. The molecule has 0 N–H and O–H groups in total. The van der Waals surface area contributed by atoms with E-state index < -0.39 is 0 Å². The molecule has 10 atom stereocenters. The lowest BCUT2D eigenvalue weighted by molar-refractivity contribution is 0.340. The van der Waals surface area contributed by atoms with Gasteiger partial charge in [0.25, 0.3) is 0 Å². The van der Waals surface area contributed by atoms with Crippen LogP contribution in [0.2, 0.25) is 0 Å². The summed E-state index contributed by atoms with van der Waals surface area (Å²) >= 11 is 0. The molecule has 2 fully saturated rings. The highest BCUT2D eigenvalue weighted by Crippen LogP contribution is 2.85. The maximum atomic E-state index is 2.75. The van der Waals surface area contributed by atoms with Crippen LogP contribution in [-0.4, -0.2) is 0 Å². The first-order chi connectivity index (χ1) is 30.7. The van der Waals surface area contributed by atoms with Crippen LogP contribution in [0.5, 0.6) is 0 Å². The molecule has 300 valence electrons. The summed E-state index contributed by atoms with van der Waals surface area (Å²) in [5.74, 6) is 4.39. The van der Waals surface area contributed by atoms with Crippen molar-refractivity contribution in [3.8, 4) is 0 Å². The Kier molecular flexibility index (Phi) is 5.38. The topological polar surface area (TPSA) is 0 Å². The van der Waals surface area contributed by atoms with Gasteiger partial charge in [-0.25, -0.2) is 0 Å². The molecule has 0 nitrogen and oxygen atoms in total. The molecule has 0 aliphatic heterocycles. The van der Waals surface area contributed by atoms with Crippen molar-refractivity contribution in [2.24, 2.45) is 35.0 Å². The van der Waals surface area contributed by atoms with E-state index in [-0.39, 0.29) is 10.8 Å². The lowest BCUT2D eigenvalue weighted by atomic mass is 9.46. The van der Waals surface area contributed by atoms with Gasteiger partial charge in [0.1, 0.15) is 0 Å². The zero-order valence-electron chi connectivity index (χ0n) is 36.2. The molecule has 0 bridgehead atoms. The Morgan fingerprint density at radius 1 is 0.629 bits per heavy atom. The predicted octanol–water partition coefficient (Wildman–Crippen LogP) is 14.1. The van der Waals surface area contributed by atoms with Gasteiger partial charge in [-0.1, -0.05) is 157 Å². The van der Waals surface area contributed by atoms with E-state index in [1.807, 2.05) is 11.1 Å². The molecule has 11 aliphatic rings. The zero-order valence-corrected chi connectivity index (χ0v) is 36.2. The summed E-state index contributed by atoms with van der Waals surface area (Å²) in [5.41, 5.74) is 20.5. The molecule has 2 saturated carbocycles. The summed E-state index contributed by atoms with van der Waals surface area (Å²) < 4.78 is 0. The molecule has 7 aromatic rings. The van der Waals surface area contributed by atoms with Crippen LogP contribution in [0.15, 0.2) is 102 Å². The van der Waals surface area contributed by atoms with E-state index >= 15 is 0 Å². The predicted molar refractivity (Wildman–Crippen MR) is 257 cm³/mol. The number of allylic oxidation sites excluding steroid dienone is 10. The zero-order chi connectivity index (χ0) is 39.9. The van der Waals surface area contributed by atoms with Crippen LogP contribution in [0.25, 0.3) is 70.6 Å². The van der Waals surface area contributed by atoms with E-state index in [2.05, 4.69) is 98.8 Å². The Hall–Kier alpha value is -4.94. The molecule has 7 aromatic carbocycles. The normalized spacial score (nSPS) is 34.0. The van der Waals surface area contributed by atoms with Crippen molar-refractivity contribution in [2.75, 3.05) is 0 Å². The Morgan fingerprint density at radius 2 is 1.39 bits per heavy atom. The summed E-state index contributed by atoms with van der Waals surface area (Å²) in [6, 6.07) is 20.8. The third-order valence-electron chi connectivity index (χ3n) is 20.8. The Morgan fingerprint density at radius 3 is 2.23 bits per heavy atom. The van der Waals surface area contributed by atoms with E-state index in [1.165, 1.54) is 87.8 Å². The van der Waals surface area contributed by atoms with Crippen molar-refractivity contribution in [2.45, 2.75) is 114 Å². The maximum Gasteiger partial charge on any atom is 0.0430 e. The van der Waals surface area contributed by atoms with E-state index in [0.717, 1.165) is 0 Å². The Balaban J connectivity index is 0.894. The van der Waals surface area contributed by atoms with Crippen molar-refractivity contribution in [1.82, 2.24) is 0 Å². The van der Waals surface area contributed by atoms with Crippen molar-refractivity contribution >= 4 is 70.6 Å². The lowest BCUT2D eigenvalue weighted by Crippen LogP contribution is -2.50. The average molecular weight is 797 g/mol. The fourth-order valence-corrected chi connectivity index (χ4v) is 19.5. The highest BCUT2D eigenvalue weighted by molar-refractivity contribution is 6.47. The standard InChI is InChI=1S/C62H52/c1-3-4-5-6-7-8-9-10-11-12-13-30-14-16-31(17-15-30)58-29(2)28-61-40-26-27-41-39-25-23-37-35-21-19-33-32-18-20-34-36-22-24-38(40)48-46(36)51-44(34)42(32)50-43(33)45(35)52-47(37)49(39)60(62(41,58)61)57-55(52)53(50)54(51)56(57)59(48)61/h14-27,29,32,34,36,42,44,46,58H,3-13,28H2,1-2H3. The molecule has 0 amide bonds. The van der Waals surface area contributed by atoms with Gasteiger partial charge in [-0.05, 0) is 174 Å². The molecule has 0 heteroatoms. The van der Waals surface area contributed by atoms with Crippen molar-refractivity contribution in [3.05, 3.63) is 146 Å². The molecule has 0 heterocycles. The molecule has 0 saturated heterocycles. The quantitative estimate of drug-likeness (QED) is 0.0656. The lowest BCUT2D eigenvalue weighted by Gasteiger charge is -2.55. The van der Waals surface area contributed by atoms with Gasteiger partial charge in [-0.15, -0.1) is 0 Å². The SMILES string of the molecule is CCCCCCCCCCCCc1ccc(C2C(C)CC34C5=C6C=CC7C8C6=C3c3c6c9c%10c%11c(ccc%12c%13ccc%14c%15c(c3c9c(c%11%12)c%15%13)C24C=%14C=C5)C2C=CC7C(C=68)C%102)cc1. The van der Waals surface area contributed by atoms with E-state index in [9.17, 15) is 0 Å². The van der Waals surface area contributed by atoms with Gasteiger partial charge < -0.3 is 0 Å². The molecule has 0 radical (unpaired) electrons. The molecule has 62 heavy (non-hydrogen) atoms. The molecule has 11 aliphatic carbocycles. The van der Waals surface area contributed by atoms with E-state index in [4.69, 9.17) is 0 Å². The summed E-state index contributed by atoms with van der Waals surface area (Å²) in [6.45, 7) is 5.00. The van der Waals surface area contributed by atoms with E-state index in [1.54, 1.807) is 109 Å². The maximum absolute atomic E-state index is 2.75. The van der Waals surface area contributed by atoms with Crippen LogP contribution >= 0.6 is 0 Å². The third kappa shape index (κ3) is 2.94. The van der Waals surface area contributed by atoms with E-state index in [0.29, 0.717) is 47.3 Å². The first-order valence-electron chi connectivity index (χ1n) is 25.4. The minimum atomic E-state index is -0.109. The van der Waals surface area contributed by atoms with Gasteiger partial charge in [0.05, 0.1) is 0 Å². The minimum absolute atomic E-state index is 0.0354. The van der Waals surface area contributed by atoms with Gasteiger partial charge in [0, 0.05) is 34.5 Å². The Labute approximate surface area is 363 Å². The van der Waals surface area contributed by atoms with Gasteiger partial charge in [0.15, 0.2) is 0 Å². The second-order valence-corrected chi connectivity index (χ2v) is 22.7. The fraction of sp³-hybridized carbons (Fsp3) is 0.387. The fourth-order valence-electron chi connectivity index (χ4n) is 19.5. The Bertz CT molecular complexity index is 3650. The first kappa shape index (κ1) is 32.7. The number of benzene rings is 5. The summed E-state index contributed by atoms with van der Waals surface area (Å²) in [6.07, 6.45) is 32.8. The summed E-state index contributed by atoms with van der Waals surface area (Å²) in [5, 5.41) is 19.8. The van der Waals surface area contributed by atoms with Crippen LogP contribution in [0, 0.1) is 35.0 Å².